The number of carbonyl (C=O) groups is 2. The molecule has 6 heteroatoms. The summed E-state index contributed by atoms with van der Waals surface area (Å²) in [6.07, 6.45) is 6.47. The van der Waals surface area contributed by atoms with Crippen LogP contribution >= 0.6 is 0 Å². The van der Waals surface area contributed by atoms with E-state index in [1.54, 1.807) is 0 Å². The van der Waals surface area contributed by atoms with Crippen LogP contribution in [0.2, 0.25) is 0 Å². The van der Waals surface area contributed by atoms with Crippen LogP contribution in [-0.2, 0) is 20.9 Å². The monoisotopic (exact) mass is 363 g/mol. The molecule has 0 heterocycles. The zero-order valence-electron chi connectivity index (χ0n) is 15.6. The van der Waals surface area contributed by atoms with Gasteiger partial charge in [-0.25, -0.2) is 0 Å². The third-order valence-corrected chi connectivity index (χ3v) is 4.16. The Balaban J connectivity index is 1.97. The SMILES string of the molecule is NCCCCC[C@H](N)C(=O)NCCCCCC(=O)OCc1ccccc1. The van der Waals surface area contributed by atoms with Crippen molar-refractivity contribution in [2.75, 3.05) is 13.1 Å². The fraction of sp³-hybridized carbons (Fsp3) is 0.600. The summed E-state index contributed by atoms with van der Waals surface area (Å²) in [5.74, 6) is -0.280. The molecule has 0 aromatic heterocycles. The molecule has 1 aromatic carbocycles. The number of esters is 1. The average Bonchev–Trinajstić information content (AvgIpc) is 2.66. The van der Waals surface area contributed by atoms with Crippen molar-refractivity contribution in [3.05, 3.63) is 35.9 Å². The number of nitrogens with one attached hydrogen (secondary N) is 1. The molecule has 0 saturated heterocycles. The molecular weight excluding hydrogens is 330 g/mol. The smallest absolute Gasteiger partial charge is 0.306 e. The molecule has 1 rings (SSSR count). The molecule has 0 saturated carbocycles. The Hall–Kier alpha value is -1.92. The molecule has 26 heavy (non-hydrogen) atoms. The van der Waals surface area contributed by atoms with Gasteiger partial charge in [0.1, 0.15) is 6.61 Å². The number of nitrogens with two attached hydrogens (primary N) is 2. The van der Waals surface area contributed by atoms with Crippen LogP contribution in [0.25, 0.3) is 0 Å². The lowest BCUT2D eigenvalue weighted by Crippen LogP contribution is -2.40. The molecule has 0 unspecified atom stereocenters. The highest BCUT2D eigenvalue weighted by Gasteiger charge is 2.12. The van der Waals surface area contributed by atoms with Crippen LogP contribution in [-0.4, -0.2) is 31.0 Å². The lowest BCUT2D eigenvalue weighted by atomic mass is 10.1. The first-order valence-corrected chi connectivity index (χ1v) is 9.56. The number of unbranched alkanes of at least 4 members (excludes halogenated alkanes) is 4. The largest absolute Gasteiger partial charge is 0.461 e. The van der Waals surface area contributed by atoms with Crippen molar-refractivity contribution in [2.45, 2.75) is 64.0 Å². The van der Waals surface area contributed by atoms with Crippen LogP contribution in [0.3, 0.4) is 0 Å². The maximum Gasteiger partial charge on any atom is 0.306 e. The van der Waals surface area contributed by atoms with Crippen molar-refractivity contribution >= 4 is 11.9 Å². The normalized spacial score (nSPS) is 11.8. The van der Waals surface area contributed by atoms with E-state index < -0.39 is 6.04 Å². The Labute approximate surface area is 156 Å². The first kappa shape index (κ1) is 22.1. The number of benzene rings is 1. The van der Waals surface area contributed by atoms with Crippen molar-refractivity contribution in [2.24, 2.45) is 11.5 Å². The second-order valence-corrected chi connectivity index (χ2v) is 6.49. The zero-order chi connectivity index (χ0) is 19.0. The van der Waals surface area contributed by atoms with Gasteiger partial charge in [-0.15, -0.1) is 0 Å². The molecule has 0 fully saturated rings. The number of ether oxygens (including phenoxy) is 1. The molecule has 0 radical (unpaired) electrons. The van der Waals surface area contributed by atoms with Gasteiger partial charge in [-0.2, -0.15) is 0 Å². The Bertz CT molecular complexity index is 508. The van der Waals surface area contributed by atoms with Crippen molar-refractivity contribution in [3.63, 3.8) is 0 Å². The number of rotatable bonds is 14. The average molecular weight is 364 g/mol. The third kappa shape index (κ3) is 10.8. The second kappa shape index (κ2) is 14.3. The number of hydrogen-bond acceptors (Lipinski definition) is 5. The molecule has 0 aliphatic carbocycles. The number of hydrogen-bond donors (Lipinski definition) is 3. The quantitative estimate of drug-likeness (QED) is 0.347. The Kier molecular flexibility index (Phi) is 12.1. The van der Waals surface area contributed by atoms with Crippen LogP contribution in [0.15, 0.2) is 30.3 Å². The fourth-order valence-electron chi connectivity index (χ4n) is 2.54. The van der Waals surface area contributed by atoms with E-state index >= 15 is 0 Å². The summed E-state index contributed by atoms with van der Waals surface area (Å²) in [6, 6.07) is 9.18. The van der Waals surface area contributed by atoms with Crippen LogP contribution < -0.4 is 16.8 Å². The van der Waals surface area contributed by atoms with Gasteiger partial charge in [0.25, 0.3) is 0 Å². The molecule has 0 aliphatic rings. The van der Waals surface area contributed by atoms with Crippen LogP contribution in [0.5, 0.6) is 0 Å². The minimum absolute atomic E-state index is 0.0972. The highest BCUT2D eigenvalue weighted by atomic mass is 16.5. The van der Waals surface area contributed by atoms with E-state index in [0.29, 0.717) is 32.5 Å². The lowest BCUT2D eigenvalue weighted by Gasteiger charge is -2.12. The minimum Gasteiger partial charge on any atom is -0.461 e. The van der Waals surface area contributed by atoms with E-state index in [4.69, 9.17) is 16.2 Å². The molecule has 1 atom stereocenters. The van der Waals surface area contributed by atoms with Crippen LogP contribution in [0, 0.1) is 0 Å². The molecule has 1 amide bonds. The fourth-order valence-corrected chi connectivity index (χ4v) is 2.54. The van der Waals surface area contributed by atoms with Gasteiger partial charge in [-0.3, -0.25) is 9.59 Å². The van der Waals surface area contributed by atoms with Gasteiger partial charge >= 0.3 is 5.97 Å². The van der Waals surface area contributed by atoms with E-state index in [1.165, 1.54) is 0 Å². The summed E-state index contributed by atoms with van der Waals surface area (Å²) >= 11 is 0. The Morgan fingerprint density at radius 2 is 1.73 bits per heavy atom. The van der Waals surface area contributed by atoms with Gasteiger partial charge in [-0.1, -0.05) is 49.6 Å². The minimum atomic E-state index is -0.444. The number of amides is 1. The molecule has 0 spiro atoms. The van der Waals surface area contributed by atoms with Crippen LogP contribution in [0.4, 0.5) is 0 Å². The molecular formula is C20H33N3O3. The summed E-state index contributed by atoms with van der Waals surface area (Å²) < 4.78 is 5.23. The maximum absolute atomic E-state index is 11.8. The number of carbonyl (C=O) groups excluding carboxylic acids is 2. The van der Waals surface area contributed by atoms with E-state index in [-0.39, 0.29) is 11.9 Å². The van der Waals surface area contributed by atoms with Crippen molar-refractivity contribution < 1.29 is 14.3 Å². The summed E-state index contributed by atoms with van der Waals surface area (Å²) in [4.78, 5) is 23.5. The van der Waals surface area contributed by atoms with Gasteiger partial charge in [0, 0.05) is 13.0 Å². The predicted octanol–water partition coefficient (Wildman–Crippen LogP) is 2.25. The van der Waals surface area contributed by atoms with Gasteiger partial charge in [0.15, 0.2) is 0 Å². The molecule has 0 aliphatic heterocycles. The highest BCUT2D eigenvalue weighted by molar-refractivity contribution is 5.81. The highest BCUT2D eigenvalue weighted by Crippen LogP contribution is 2.05. The molecule has 6 nitrogen and oxygen atoms in total. The molecule has 1 aromatic rings. The maximum atomic E-state index is 11.8. The van der Waals surface area contributed by atoms with Gasteiger partial charge < -0.3 is 21.5 Å². The Morgan fingerprint density at radius 3 is 2.46 bits per heavy atom. The van der Waals surface area contributed by atoms with Gasteiger partial charge in [-0.05, 0) is 37.8 Å². The topological polar surface area (TPSA) is 107 Å². The van der Waals surface area contributed by atoms with E-state index in [1.807, 2.05) is 30.3 Å². The van der Waals surface area contributed by atoms with Gasteiger partial charge in [0.2, 0.25) is 5.91 Å². The molecule has 5 N–H and O–H groups in total. The van der Waals surface area contributed by atoms with E-state index in [0.717, 1.165) is 44.1 Å². The summed E-state index contributed by atoms with van der Waals surface area (Å²) in [6.45, 7) is 1.59. The standard InChI is InChI=1S/C20H33N3O3/c21-14-8-2-6-12-18(22)20(25)23-15-9-3-7-13-19(24)26-16-17-10-4-1-5-11-17/h1,4-5,10-11,18H,2-3,6-9,12-16,21-22H2,(H,23,25)/t18-/m0/s1. The second-order valence-electron chi connectivity index (χ2n) is 6.49. The van der Waals surface area contributed by atoms with Crippen molar-refractivity contribution in [1.82, 2.24) is 5.32 Å². The molecule has 146 valence electrons. The molecule has 0 bridgehead atoms. The summed E-state index contributed by atoms with van der Waals surface area (Å²) in [5.41, 5.74) is 12.3. The van der Waals surface area contributed by atoms with Crippen LogP contribution in [0.1, 0.15) is 56.9 Å². The summed E-state index contributed by atoms with van der Waals surface area (Å²) in [7, 11) is 0. The van der Waals surface area contributed by atoms with Crippen molar-refractivity contribution in [1.29, 1.82) is 0 Å². The summed E-state index contributed by atoms with van der Waals surface area (Å²) in [5, 5.41) is 2.85. The first-order chi connectivity index (χ1) is 12.6. The van der Waals surface area contributed by atoms with E-state index in [9.17, 15) is 9.59 Å². The zero-order valence-corrected chi connectivity index (χ0v) is 15.6. The third-order valence-electron chi connectivity index (χ3n) is 4.16. The van der Waals surface area contributed by atoms with Crippen molar-refractivity contribution in [3.8, 4) is 0 Å². The van der Waals surface area contributed by atoms with E-state index in [2.05, 4.69) is 5.32 Å². The Morgan fingerprint density at radius 1 is 1.00 bits per heavy atom. The predicted molar refractivity (Wildman–Crippen MR) is 103 cm³/mol. The first-order valence-electron chi connectivity index (χ1n) is 9.56. The van der Waals surface area contributed by atoms with Gasteiger partial charge in [0.05, 0.1) is 6.04 Å². The lowest BCUT2D eigenvalue weighted by molar-refractivity contribution is -0.145.